The molecule has 2 heterocycles. The number of fused-ring (bicyclic) bond motifs is 1. The van der Waals surface area contributed by atoms with Gasteiger partial charge < -0.3 is 9.53 Å². The Labute approximate surface area is 167 Å². The van der Waals surface area contributed by atoms with Gasteiger partial charge in [0.1, 0.15) is 0 Å². The molecule has 0 bridgehead atoms. The summed E-state index contributed by atoms with van der Waals surface area (Å²) in [5, 5.41) is 15.6. The molecule has 0 unspecified atom stereocenters. The molecule has 0 atom stereocenters. The zero-order valence-electron chi connectivity index (χ0n) is 17.4. The molecule has 1 N–H and O–H groups in total. The molecule has 1 aliphatic carbocycles. The third kappa shape index (κ3) is 3.76. The molecule has 0 amide bonds. The molecule has 1 saturated carbocycles. The van der Waals surface area contributed by atoms with E-state index in [1.54, 1.807) is 4.52 Å². The summed E-state index contributed by atoms with van der Waals surface area (Å²) in [7, 11) is -2.07. The zero-order chi connectivity index (χ0) is 19.9. The molecule has 150 valence electrons. The summed E-state index contributed by atoms with van der Waals surface area (Å²) < 4.78 is 8.24. The number of rotatable bonds is 5. The lowest BCUT2D eigenvalue weighted by Gasteiger charge is -2.36. The van der Waals surface area contributed by atoms with E-state index in [-0.39, 0.29) is 17.1 Å². The number of hydrogen-bond acceptors (Lipinski definition) is 6. The number of nitrogens with zero attached hydrogens (tertiary/aromatic N) is 4. The van der Waals surface area contributed by atoms with Gasteiger partial charge in [-0.25, -0.2) is 4.98 Å². The van der Waals surface area contributed by atoms with Crippen LogP contribution in [0.25, 0.3) is 5.65 Å². The Morgan fingerprint density at radius 2 is 1.89 bits per heavy atom. The smallest absolute Gasteiger partial charge is 0.308 e. The fraction of sp³-hybridized carbons (Fsp3) is 0.737. The van der Waals surface area contributed by atoms with Crippen LogP contribution in [0.1, 0.15) is 58.4 Å². The van der Waals surface area contributed by atoms with Crippen LogP contribution in [0.2, 0.25) is 18.1 Å². The highest BCUT2D eigenvalue weighted by Crippen LogP contribution is 2.42. The van der Waals surface area contributed by atoms with E-state index in [0.717, 1.165) is 36.9 Å². The van der Waals surface area contributed by atoms with Crippen molar-refractivity contribution in [1.82, 2.24) is 19.6 Å². The lowest BCUT2D eigenvalue weighted by Crippen LogP contribution is -2.44. The molecule has 0 radical (unpaired) electrons. The fourth-order valence-corrected chi connectivity index (χ4v) is 4.73. The first-order chi connectivity index (χ1) is 12.6. The topological polar surface area (TPSA) is 72.5 Å². The van der Waals surface area contributed by atoms with Gasteiger partial charge in [-0.1, -0.05) is 51.8 Å². The van der Waals surface area contributed by atoms with Gasteiger partial charge in [-0.05, 0) is 37.2 Å². The van der Waals surface area contributed by atoms with Gasteiger partial charge in [-0.3, -0.25) is 0 Å². The number of aliphatic hydroxyl groups excluding tert-OH is 1. The van der Waals surface area contributed by atoms with Crippen LogP contribution < -0.4 is 4.43 Å². The molecule has 2 aromatic heterocycles. The monoisotopic (exact) mass is 408 g/mol. The summed E-state index contributed by atoms with van der Waals surface area (Å²) in [4.78, 5) is 9.38. The van der Waals surface area contributed by atoms with Crippen LogP contribution >= 0.6 is 11.8 Å². The van der Waals surface area contributed by atoms with E-state index in [9.17, 15) is 5.11 Å². The van der Waals surface area contributed by atoms with E-state index in [1.165, 1.54) is 18.2 Å². The van der Waals surface area contributed by atoms with E-state index in [0.29, 0.717) is 11.2 Å². The van der Waals surface area contributed by atoms with Crippen molar-refractivity contribution in [3.8, 4) is 6.01 Å². The van der Waals surface area contributed by atoms with Crippen molar-refractivity contribution >= 4 is 25.7 Å². The molecular weight excluding hydrogens is 376 g/mol. The highest BCUT2D eigenvalue weighted by molar-refractivity contribution is 7.98. The van der Waals surface area contributed by atoms with Crippen molar-refractivity contribution in [2.45, 2.75) is 81.6 Å². The molecule has 0 aromatic carbocycles. The van der Waals surface area contributed by atoms with Crippen molar-refractivity contribution in [2.75, 3.05) is 12.9 Å². The van der Waals surface area contributed by atoms with Crippen LogP contribution in [0, 0.1) is 0 Å². The van der Waals surface area contributed by atoms with Crippen LogP contribution in [0.15, 0.2) is 11.4 Å². The van der Waals surface area contributed by atoms with Crippen molar-refractivity contribution in [2.24, 2.45) is 0 Å². The summed E-state index contributed by atoms with van der Waals surface area (Å²) in [6.45, 7) is 11.2. The normalized spacial score (nSPS) is 18.0. The molecule has 8 heteroatoms. The molecule has 0 saturated heterocycles. The Kier molecular flexibility index (Phi) is 5.62. The fourth-order valence-electron chi connectivity index (χ4n) is 3.49. The first-order valence-electron chi connectivity index (χ1n) is 9.74. The van der Waals surface area contributed by atoms with Gasteiger partial charge >= 0.3 is 6.01 Å². The van der Waals surface area contributed by atoms with Crippen molar-refractivity contribution in [1.29, 1.82) is 0 Å². The molecule has 1 fully saturated rings. The third-order valence-electron chi connectivity index (χ3n) is 6.34. The second-order valence-corrected chi connectivity index (χ2v) is 14.6. The molecule has 1 aliphatic rings. The van der Waals surface area contributed by atoms with E-state index in [2.05, 4.69) is 43.9 Å². The summed E-state index contributed by atoms with van der Waals surface area (Å²) >= 11 is 1.51. The van der Waals surface area contributed by atoms with Crippen LogP contribution in [0.3, 0.4) is 0 Å². The van der Waals surface area contributed by atoms with Gasteiger partial charge in [0, 0.05) is 11.0 Å². The van der Waals surface area contributed by atoms with Crippen molar-refractivity contribution < 1.29 is 9.53 Å². The first-order valence-corrected chi connectivity index (χ1v) is 13.9. The van der Waals surface area contributed by atoms with Gasteiger partial charge in [0.2, 0.25) is 0 Å². The van der Waals surface area contributed by atoms with Crippen LogP contribution in [-0.4, -0.2) is 45.9 Å². The zero-order valence-corrected chi connectivity index (χ0v) is 19.2. The maximum atomic E-state index is 10.3. The van der Waals surface area contributed by atoms with E-state index in [1.807, 2.05) is 12.5 Å². The average Bonchev–Trinajstić information content (AvgIpc) is 3.05. The van der Waals surface area contributed by atoms with Crippen molar-refractivity contribution in [3.63, 3.8) is 0 Å². The average molecular weight is 409 g/mol. The van der Waals surface area contributed by atoms with Gasteiger partial charge in [-0.2, -0.15) is 14.6 Å². The number of aliphatic hydroxyl groups is 1. The maximum Gasteiger partial charge on any atom is 0.308 e. The Hall–Kier alpha value is -1.12. The minimum Gasteiger partial charge on any atom is -0.517 e. The lowest BCUT2D eigenvalue weighted by atomic mass is 9.71. The third-order valence-corrected chi connectivity index (χ3v) is 11.2. The van der Waals surface area contributed by atoms with Gasteiger partial charge in [0.15, 0.2) is 10.8 Å². The highest BCUT2D eigenvalue weighted by atomic mass is 32.2. The van der Waals surface area contributed by atoms with Crippen LogP contribution in [0.4, 0.5) is 0 Å². The number of aromatic nitrogens is 4. The second kappa shape index (κ2) is 7.37. The molecule has 27 heavy (non-hydrogen) atoms. The Bertz CT molecular complexity index is 810. The molecular formula is C19H32N4O2SSi. The summed E-state index contributed by atoms with van der Waals surface area (Å²) in [5.74, 6) is 0. The summed E-state index contributed by atoms with van der Waals surface area (Å²) in [6, 6.07) is 0.520. The predicted molar refractivity (Wildman–Crippen MR) is 112 cm³/mol. The lowest BCUT2D eigenvalue weighted by molar-refractivity contribution is 0.152. The van der Waals surface area contributed by atoms with E-state index >= 15 is 0 Å². The second-order valence-electron chi connectivity index (χ2n) is 9.15. The standard InChI is InChI=1S/C19H32N4O2SSi/c1-18(2,3)27(5,6)25-17-22-16(26-4)21-15-14(12-20-23(15)17)19(13-24)10-8-7-9-11-19/h12,24H,7-11,13H2,1-6H3. The Balaban J connectivity index is 2.13. The number of hydrogen-bond donors (Lipinski definition) is 1. The van der Waals surface area contributed by atoms with Crippen LogP contribution in [-0.2, 0) is 5.41 Å². The molecule has 3 rings (SSSR count). The molecule has 0 aliphatic heterocycles. The van der Waals surface area contributed by atoms with E-state index < -0.39 is 8.32 Å². The predicted octanol–water partition coefficient (Wildman–Crippen LogP) is 4.42. The molecule has 2 aromatic rings. The van der Waals surface area contributed by atoms with Crippen molar-refractivity contribution in [3.05, 3.63) is 11.8 Å². The van der Waals surface area contributed by atoms with E-state index in [4.69, 9.17) is 9.41 Å². The maximum absolute atomic E-state index is 10.3. The summed E-state index contributed by atoms with van der Waals surface area (Å²) in [5.41, 5.74) is 1.56. The van der Waals surface area contributed by atoms with Gasteiger partial charge in [-0.15, -0.1) is 0 Å². The number of thioether (sulfide) groups is 1. The summed E-state index contributed by atoms with van der Waals surface area (Å²) in [6.07, 6.45) is 9.28. The Morgan fingerprint density at radius 1 is 1.22 bits per heavy atom. The highest BCUT2D eigenvalue weighted by Gasteiger charge is 2.41. The first kappa shape index (κ1) is 20.6. The quantitative estimate of drug-likeness (QED) is 0.583. The molecule has 0 spiro atoms. The Morgan fingerprint density at radius 3 is 2.44 bits per heavy atom. The molecule has 6 nitrogen and oxygen atoms in total. The van der Waals surface area contributed by atoms with Crippen LogP contribution in [0.5, 0.6) is 6.01 Å². The minimum absolute atomic E-state index is 0.0649. The van der Waals surface area contributed by atoms with Gasteiger partial charge in [0.25, 0.3) is 8.32 Å². The van der Waals surface area contributed by atoms with Gasteiger partial charge in [0.05, 0.1) is 12.8 Å². The SMILES string of the molecule is CSc1nc(O[Si](C)(C)C(C)(C)C)n2ncc(C3(CO)CCCCC3)c2n1. The minimum atomic E-state index is -2.07. The largest absolute Gasteiger partial charge is 0.517 e.